The van der Waals surface area contributed by atoms with Crippen molar-refractivity contribution >= 4 is 99.5 Å². The first-order valence-corrected chi connectivity index (χ1v) is 48.0. The van der Waals surface area contributed by atoms with Crippen LogP contribution in [0.1, 0.15) is 33.4 Å². The van der Waals surface area contributed by atoms with Gasteiger partial charge in [0, 0.05) is 83.5 Å². The van der Waals surface area contributed by atoms with Gasteiger partial charge in [0.25, 0.3) is 0 Å². The minimum absolute atomic E-state index is 1.08. The molecule has 646 valence electrons. The Morgan fingerprint density at radius 1 is 0.124 bits per heavy atom. The molecule has 3 heterocycles. The fraction of sp³-hybridized carbons (Fsp3) is 0.0455. The van der Waals surface area contributed by atoms with Crippen LogP contribution < -0.4 is 9.80 Å². The third-order valence-electron chi connectivity index (χ3n) is 29.1. The van der Waals surface area contributed by atoms with Gasteiger partial charge < -0.3 is 23.5 Å². The average Bonchev–Trinajstić information content (AvgIpc) is 1.59. The predicted octanol–water partition coefficient (Wildman–Crippen LogP) is 34.9. The highest BCUT2D eigenvalue weighted by molar-refractivity contribution is 6.12. The largest absolute Gasteiger partial charge is 0.311 e. The fourth-order valence-corrected chi connectivity index (χ4v) is 21.5. The van der Waals surface area contributed by atoms with E-state index in [1.807, 2.05) is 0 Å². The van der Waals surface area contributed by atoms with Gasteiger partial charge in [-0.25, -0.2) is 0 Å². The number of aryl methyl sites for hydroxylation is 6. The molecule has 0 unspecified atom stereocenters. The third-order valence-corrected chi connectivity index (χ3v) is 29.1. The van der Waals surface area contributed by atoms with Crippen LogP contribution in [0.25, 0.3) is 183 Å². The molecule has 3 aliphatic carbocycles. The summed E-state index contributed by atoms with van der Waals surface area (Å²) in [6, 6.07) is 181. The molecule has 0 bridgehead atoms. The molecule has 0 radical (unpaired) electrons. The Labute approximate surface area is 797 Å². The summed E-state index contributed by atoms with van der Waals surface area (Å²) in [7, 11) is 0. The summed E-state index contributed by atoms with van der Waals surface area (Å²) < 4.78 is 7.11. The van der Waals surface area contributed by atoms with Crippen LogP contribution in [0.5, 0.6) is 0 Å². The smallest absolute Gasteiger partial charge is 0.0541 e. The molecule has 0 N–H and O–H groups in total. The molecule has 5 nitrogen and oxygen atoms in total. The highest BCUT2D eigenvalue weighted by Gasteiger charge is 2.24. The summed E-state index contributed by atoms with van der Waals surface area (Å²) in [6.07, 6.45) is 7.20. The molecule has 0 saturated heterocycles. The molecule has 137 heavy (non-hydrogen) atoms. The van der Waals surface area contributed by atoms with Gasteiger partial charge >= 0.3 is 0 Å². The molecule has 27 rings (SSSR count). The highest BCUT2D eigenvalue weighted by Crippen LogP contribution is 2.46. The lowest BCUT2D eigenvalue weighted by atomic mass is 9.86. The lowest BCUT2D eigenvalue weighted by Gasteiger charge is -2.26. The second-order valence-electron chi connectivity index (χ2n) is 36.9. The van der Waals surface area contributed by atoms with Crippen molar-refractivity contribution in [1.29, 1.82) is 0 Å². The van der Waals surface area contributed by atoms with Gasteiger partial charge in [0.2, 0.25) is 0 Å². The second-order valence-corrected chi connectivity index (χ2v) is 36.9. The average molecular weight is 1750 g/mol. The molecule has 0 saturated carbocycles. The van der Waals surface area contributed by atoms with Gasteiger partial charge in [0.05, 0.1) is 33.1 Å². The molecule has 3 aliphatic rings. The first-order chi connectivity index (χ1) is 67.8. The molecular weight excluding hydrogens is 1660 g/mol. The van der Waals surface area contributed by atoms with E-state index < -0.39 is 0 Å². The maximum absolute atomic E-state index is 2.38. The molecule has 3 aromatic heterocycles. The molecule has 0 atom stereocenters. The zero-order valence-corrected chi connectivity index (χ0v) is 75.7. The van der Waals surface area contributed by atoms with Gasteiger partial charge in [-0.15, -0.1) is 0 Å². The molecule has 0 fully saturated rings. The van der Waals surface area contributed by atoms with Crippen LogP contribution in [-0.2, 0) is 38.5 Å². The number of anilines is 6. The maximum Gasteiger partial charge on any atom is 0.0541 e. The highest BCUT2D eigenvalue weighted by atomic mass is 15.1. The van der Waals surface area contributed by atoms with Crippen molar-refractivity contribution in [2.75, 3.05) is 9.80 Å². The number of nitrogens with zero attached hydrogens (tertiary/aromatic N) is 5. The van der Waals surface area contributed by atoms with Gasteiger partial charge in [-0.1, -0.05) is 328 Å². The maximum atomic E-state index is 2.38. The number of benzene rings is 21. The number of hydrogen-bond donors (Lipinski definition) is 0. The van der Waals surface area contributed by atoms with Crippen LogP contribution in [0.4, 0.5) is 34.1 Å². The lowest BCUT2D eigenvalue weighted by molar-refractivity contribution is 0.840. The van der Waals surface area contributed by atoms with E-state index in [0.717, 1.165) is 67.9 Å². The Hall–Kier alpha value is -17.4. The van der Waals surface area contributed by atoms with Gasteiger partial charge in [-0.05, 0) is 336 Å². The topological polar surface area (TPSA) is 21.3 Å². The Bertz CT molecular complexity index is 7780. The van der Waals surface area contributed by atoms with E-state index in [4.69, 9.17) is 0 Å². The van der Waals surface area contributed by atoms with Gasteiger partial charge in [0.15, 0.2) is 0 Å². The summed E-state index contributed by atoms with van der Waals surface area (Å²) >= 11 is 0. The number of hydrogen-bond acceptors (Lipinski definition) is 2. The van der Waals surface area contributed by atoms with Crippen molar-refractivity contribution in [3.8, 4) is 117 Å². The Balaban J connectivity index is 0.000000145. The first-order valence-electron chi connectivity index (χ1n) is 48.0. The number of rotatable bonds is 18. The summed E-state index contributed by atoms with van der Waals surface area (Å²) in [6.45, 7) is 0. The quantitative estimate of drug-likeness (QED) is 0.0854. The van der Waals surface area contributed by atoms with E-state index in [-0.39, 0.29) is 0 Å². The van der Waals surface area contributed by atoms with Crippen LogP contribution in [0.15, 0.2) is 491 Å². The summed E-state index contributed by atoms with van der Waals surface area (Å²) in [5.41, 5.74) is 48.3. The van der Waals surface area contributed by atoms with Crippen molar-refractivity contribution in [3.63, 3.8) is 0 Å². The van der Waals surface area contributed by atoms with E-state index in [9.17, 15) is 0 Å². The molecule has 0 aliphatic heterocycles. The van der Waals surface area contributed by atoms with Crippen LogP contribution in [-0.4, -0.2) is 13.7 Å². The predicted molar refractivity (Wildman–Crippen MR) is 576 cm³/mol. The lowest BCUT2D eigenvalue weighted by Crippen LogP contribution is -2.09. The molecule has 24 aromatic rings. The van der Waals surface area contributed by atoms with Gasteiger partial charge in [-0.2, -0.15) is 0 Å². The zero-order valence-electron chi connectivity index (χ0n) is 75.7. The fourth-order valence-electron chi connectivity index (χ4n) is 21.5. The molecule has 5 heteroatoms. The minimum Gasteiger partial charge on any atom is -0.311 e. The molecular formula is C132H93N5. The van der Waals surface area contributed by atoms with Crippen LogP contribution in [0, 0.1) is 0 Å². The van der Waals surface area contributed by atoms with E-state index in [1.165, 1.54) is 221 Å². The van der Waals surface area contributed by atoms with E-state index >= 15 is 0 Å². The number of fused-ring (bicyclic) bond motifs is 12. The van der Waals surface area contributed by atoms with Gasteiger partial charge in [-0.3, -0.25) is 0 Å². The molecule has 0 amide bonds. The SMILES string of the molecule is c1cc(-c2ccc(N(c3ccc(-c4cccc(-c5ccc6c(c5)CC6)c4)cc3)c3ccc(-c4cccc(-c5ccc6c(c5)CC6)c4)cc3)cc2)cc(-c2ccc3c(c2)CC3)c1.c1ccc2c(c1)c1ccccc1n2-c1ccc(-c2ccc(N(c3ccc(-c4ccc(-n5c6ccccc6c6ccccc65)cc4)cc3)c3ccc(-c4ccc(-n5c6ccccc6c6ccccc65)cc4)cc3)cc2)cc1. The van der Waals surface area contributed by atoms with Gasteiger partial charge in [0.1, 0.15) is 0 Å². The molecule has 21 aromatic carbocycles. The van der Waals surface area contributed by atoms with Crippen LogP contribution in [0.2, 0.25) is 0 Å². The second kappa shape index (κ2) is 34.0. The van der Waals surface area contributed by atoms with Crippen molar-refractivity contribution in [2.45, 2.75) is 38.5 Å². The number of para-hydroxylation sites is 6. The standard InChI is InChI=1S/C72H48N4.C60H45N/c1-7-19-67-61(13-1)62-14-2-8-20-68(62)74(67)58-43-31-52(32-44-58)49-25-37-55(38-26-49)73(56-39-27-50(28-40-56)53-33-45-59(46-34-53)75-69-21-9-3-15-63(69)64-16-4-10-22-70(64)75)57-41-29-51(30-42-57)54-35-47-60(48-36-54)76-71-23-11-5-17-65(71)66-18-6-12-24-72(66)76;1-4-46(34-49(7-1)55-19-13-40-10-16-52(40)37-55)43-22-28-58(29-23-43)61(59-30-24-44(25-31-59)47-5-2-8-50(35-47)56-20-14-41-11-17-53(41)38-56)60-32-26-45(27-33-60)48-6-3-9-51(36-48)57-21-15-42-12-18-54(42)39-57/h1-48H;1-9,13-15,19-39H,10-12,16-18H2. The minimum atomic E-state index is 1.08. The van der Waals surface area contributed by atoms with E-state index in [1.54, 1.807) is 0 Å². The van der Waals surface area contributed by atoms with Crippen molar-refractivity contribution < 1.29 is 0 Å². The normalized spacial score (nSPS) is 12.4. The molecule has 0 spiro atoms. The Morgan fingerprint density at radius 2 is 0.285 bits per heavy atom. The summed E-state index contributed by atoms with van der Waals surface area (Å²) in [5, 5.41) is 7.59. The number of aromatic nitrogens is 3. The monoisotopic (exact) mass is 1750 g/mol. The summed E-state index contributed by atoms with van der Waals surface area (Å²) in [4.78, 5) is 4.74. The summed E-state index contributed by atoms with van der Waals surface area (Å²) in [5.74, 6) is 0. The van der Waals surface area contributed by atoms with E-state index in [2.05, 4.69) is 515 Å². The van der Waals surface area contributed by atoms with Crippen molar-refractivity contribution in [2.24, 2.45) is 0 Å². The van der Waals surface area contributed by atoms with Crippen molar-refractivity contribution in [1.82, 2.24) is 13.7 Å². The van der Waals surface area contributed by atoms with Crippen LogP contribution >= 0.6 is 0 Å². The van der Waals surface area contributed by atoms with Crippen LogP contribution in [0.3, 0.4) is 0 Å². The third kappa shape index (κ3) is 14.8. The Kier molecular flexibility index (Phi) is 20.0. The Morgan fingerprint density at radius 3 is 0.474 bits per heavy atom. The van der Waals surface area contributed by atoms with E-state index in [0.29, 0.717) is 0 Å². The van der Waals surface area contributed by atoms with Crippen molar-refractivity contribution in [3.05, 3.63) is 525 Å². The first kappa shape index (κ1) is 80.5. The zero-order chi connectivity index (χ0) is 90.4.